The number of benzene rings is 1. The fraction of sp³-hybridized carbons (Fsp3) is 0.286. The van der Waals surface area contributed by atoms with Crippen LogP contribution in [0.3, 0.4) is 0 Å². The van der Waals surface area contributed by atoms with E-state index < -0.39 is 28.3 Å². The molecule has 0 aliphatic carbocycles. The fourth-order valence-corrected chi connectivity index (χ4v) is 5.18. The van der Waals surface area contributed by atoms with Crippen LogP contribution in [-0.2, 0) is 19.6 Å². The third-order valence-electron chi connectivity index (χ3n) is 5.12. The van der Waals surface area contributed by atoms with Crippen LogP contribution in [0.5, 0.6) is 0 Å². The highest BCUT2D eigenvalue weighted by atomic mass is 32.2. The van der Waals surface area contributed by atoms with Crippen molar-refractivity contribution in [3.63, 3.8) is 0 Å². The first-order chi connectivity index (χ1) is 14.1. The molecule has 158 valence electrons. The van der Waals surface area contributed by atoms with Crippen LogP contribution in [-0.4, -0.2) is 25.3 Å². The largest absolute Gasteiger partial charge is 0.356 e. The lowest BCUT2D eigenvalue weighted by atomic mass is 9.88. The number of sulfonamides is 1. The molecule has 3 rings (SSSR count). The number of rotatable bonds is 7. The maximum absolute atomic E-state index is 12.7. The van der Waals surface area contributed by atoms with Gasteiger partial charge in [-0.05, 0) is 43.3 Å². The zero-order chi connectivity index (χ0) is 22.1. The molecular formula is C21H22N2O5S2. The molecule has 1 amide bonds. The summed E-state index contributed by atoms with van der Waals surface area (Å²) in [5.74, 6) is -1.18. The monoisotopic (exact) mass is 446 g/mol. The number of aromatic nitrogens is 1. The summed E-state index contributed by atoms with van der Waals surface area (Å²) >= 11 is 1.20. The second kappa shape index (κ2) is 8.53. The van der Waals surface area contributed by atoms with Crippen LogP contribution in [0.25, 0.3) is 11.3 Å². The molecule has 0 fully saturated rings. The molecule has 1 aromatic carbocycles. The van der Waals surface area contributed by atoms with E-state index in [0.717, 1.165) is 27.9 Å². The van der Waals surface area contributed by atoms with Crippen molar-refractivity contribution in [3.8, 4) is 11.3 Å². The Hall–Kier alpha value is -2.78. The zero-order valence-electron chi connectivity index (χ0n) is 17.1. The molecule has 2 aromatic heterocycles. The van der Waals surface area contributed by atoms with E-state index in [1.807, 2.05) is 43.7 Å². The minimum Gasteiger partial charge on any atom is -0.356 e. The SMILES string of the molecule is Cc1noc(-c2cccc(C(C)C(=O)CC(=O)NS(=O)(=O)c3ccsc3)c2C)c1C. The van der Waals surface area contributed by atoms with Crippen molar-refractivity contribution in [1.82, 2.24) is 9.88 Å². The first-order valence-electron chi connectivity index (χ1n) is 9.25. The minimum absolute atomic E-state index is 0.00242. The van der Waals surface area contributed by atoms with Crippen molar-refractivity contribution in [2.24, 2.45) is 0 Å². The van der Waals surface area contributed by atoms with Gasteiger partial charge in [0.05, 0.1) is 17.0 Å². The Morgan fingerprint density at radius 3 is 2.50 bits per heavy atom. The molecule has 0 aliphatic heterocycles. The minimum atomic E-state index is -3.97. The van der Waals surface area contributed by atoms with Gasteiger partial charge in [-0.15, -0.1) is 0 Å². The van der Waals surface area contributed by atoms with Gasteiger partial charge in [-0.1, -0.05) is 30.3 Å². The Morgan fingerprint density at radius 2 is 1.90 bits per heavy atom. The summed E-state index contributed by atoms with van der Waals surface area (Å²) in [4.78, 5) is 24.9. The molecule has 0 aliphatic rings. The number of amides is 1. The Kier molecular flexibility index (Phi) is 6.23. The molecular weight excluding hydrogens is 424 g/mol. The van der Waals surface area contributed by atoms with Gasteiger partial charge in [0.15, 0.2) is 5.76 Å². The Balaban J connectivity index is 1.77. The summed E-state index contributed by atoms with van der Waals surface area (Å²) < 4.78 is 31.7. The van der Waals surface area contributed by atoms with Crippen molar-refractivity contribution < 1.29 is 22.5 Å². The molecule has 1 atom stereocenters. The summed E-state index contributed by atoms with van der Waals surface area (Å²) in [6.45, 7) is 7.36. The Bertz CT molecular complexity index is 1190. The molecule has 3 aromatic rings. The molecule has 30 heavy (non-hydrogen) atoms. The predicted molar refractivity (Wildman–Crippen MR) is 114 cm³/mol. The van der Waals surface area contributed by atoms with E-state index in [1.165, 1.54) is 22.8 Å². The van der Waals surface area contributed by atoms with Crippen LogP contribution >= 0.6 is 11.3 Å². The Labute approximate surface area is 179 Å². The van der Waals surface area contributed by atoms with Crippen LogP contribution < -0.4 is 4.72 Å². The van der Waals surface area contributed by atoms with E-state index in [9.17, 15) is 18.0 Å². The van der Waals surface area contributed by atoms with Gasteiger partial charge in [0.25, 0.3) is 10.0 Å². The average molecular weight is 447 g/mol. The number of carbonyl (C=O) groups is 2. The number of nitrogens with one attached hydrogen (secondary N) is 1. The third-order valence-corrected chi connectivity index (χ3v) is 7.32. The van der Waals surface area contributed by atoms with Crippen molar-refractivity contribution in [2.45, 2.75) is 44.9 Å². The van der Waals surface area contributed by atoms with Crippen LogP contribution in [0.2, 0.25) is 0 Å². The lowest BCUT2D eigenvalue weighted by Crippen LogP contribution is -2.32. The molecule has 0 spiro atoms. The number of thiophene rings is 1. The standard InChI is InChI=1S/C21H22N2O5S2/c1-12-15(4)22-28-21(12)18-7-5-6-17(13(18)2)14(3)19(24)10-20(25)23-30(26,27)16-8-9-29-11-16/h5-9,11,14H,10H2,1-4H3,(H,23,25). The highest BCUT2D eigenvalue weighted by Gasteiger charge is 2.25. The van der Waals surface area contributed by atoms with Gasteiger partial charge in [-0.2, -0.15) is 11.3 Å². The first-order valence-corrected chi connectivity index (χ1v) is 11.7. The summed E-state index contributed by atoms with van der Waals surface area (Å²) in [5, 5.41) is 7.00. The topological polar surface area (TPSA) is 106 Å². The number of carbonyl (C=O) groups excluding carboxylic acids is 2. The molecule has 0 saturated carbocycles. The summed E-state index contributed by atoms with van der Waals surface area (Å²) in [6.07, 6.45) is -0.533. The lowest BCUT2D eigenvalue weighted by Gasteiger charge is -2.16. The number of ketones is 1. The summed E-state index contributed by atoms with van der Waals surface area (Å²) in [7, 11) is -3.97. The molecule has 2 heterocycles. The van der Waals surface area contributed by atoms with E-state index in [4.69, 9.17) is 4.52 Å². The van der Waals surface area contributed by atoms with Crippen molar-refractivity contribution in [1.29, 1.82) is 0 Å². The summed E-state index contributed by atoms with van der Waals surface area (Å²) in [6, 6.07) is 6.93. The highest BCUT2D eigenvalue weighted by Crippen LogP contribution is 2.33. The predicted octanol–water partition coefficient (Wildman–Crippen LogP) is 3.90. The third kappa shape index (κ3) is 4.36. The number of nitrogens with zero attached hydrogens (tertiary/aromatic N) is 1. The molecule has 0 bridgehead atoms. The highest BCUT2D eigenvalue weighted by molar-refractivity contribution is 7.90. The quantitative estimate of drug-likeness (QED) is 0.552. The van der Waals surface area contributed by atoms with Gasteiger partial charge < -0.3 is 4.52 Å². The van der Waals surface area contributed by atoms with Crippen molar-refractivity contribution in [2.75, 3.05) is 0 Å². The zero-order valence-corrected chi connectivity index (χ0v) is 18.7. The summed E-state index contributed by atoms with van der Waals surface area (Å²) in [5.41, 5.74) is 4.15. The van der Waals surface area contributed by atoms with E-state index >= 15 is 0 Å². The normalized spacial score (nSPS) is 12.5. The average Bonchev–Trinajstić information content (AvgIpc) is 3.33. The van der Waals surface area contributed by atoms with Crippen LogP contribution in [0.15, 0.2) is 44.4 Å². The molecule has 0 radical (unpaired) electrons. The molecule has 1 unspecified atom stereocenters. The second-order valence-electron chi connectivity index (χ2n) is 7.09. The number of aryl methyl sites for hydroxylation is 1. The van der Waals surface area contributed by atoms with Gasteiger partial charge in [0.1, 0.15) is 5.78 Å². The maximum Gasteiger partial charge on any atom is 0.264 e. The van der Waals surface area contributed by atoms with E-state index in [1.54, 1.807) is 12.3 Å². The van der Waals surface area contributed by atoms with Gasteiger partial charge in [-0.25, -0.2) is 13.1 Å². The fourth-order valence-electron chi connectivity index (χ4n) is 3.17. The van der Waals surface area contributed by atoms with Crippen molar-refractivity contribution >= 4 is 33.1 Å². The smallest absolute Gasteiger partial charge is 0.264 e. The number of hydrogen-bond acceptors (Lipinski definition) is 7. The van der Waals surface area contributed by atoms with Crippen molar-refractivity contribution in [3.05, 3.63) is 57.4 Å². The maximum atomic E-state index is 12.7. The first kappa shape index (κ1) is 21.9. The van der Waals surface area contributed by atoms with E-state index in [2.05, 4.69) is 5.16 Å². The Morgan fingerprint density at radius 1 is 1.17 bits per heavy atom. The molecule has 0 saturated heterocycles. The number of Topliss-reactive ketones (excluding diaryl/α,β-unsaturated/α-hetero) is 1. The van der Waals surface area contributed by atoms with Gasteiger partial charge in [0, 0.05) is 22.4 Å². The van der Waals surface area contributed by atoms with Gasteiger partial charge in [-0.3, -0.25) is 9.59 Å². The van der Waals surface area contributed by atoms with Crippen LogP contribution in [0.1, 0.15) is 41.6 Å². The van der Waals surface area contributed by atoms with Crippen LogP contribution in [0, 0.1) is 20.8 Å². The van der Waals surface area contributed by atoms with Gasteiger partial charge >= 0.3 is 0 Å². The molecule has 7 nitrogen and oxygen atoms in total. The number of hydrogen-bond donors (Lipinski definition) is 1. The van der Waals surface area contributed by atoms with E-state index in [0.29, 0.717) is 5.76 Å². The van der Waals surface area contributed by atoms with Gasteiger partial charge in [0.2, 0.25) is 5.91 Å². The lowest BCUT2D eigenvalue weighted by molar-refractivity contribution is -0.127. The second-order valence-corrected chi connectivity index (χ2v) is 9.56. The van der Waals surface area contributed by atoms with E-state index in [-0.39, 0.29) is 10.7 Å². The molecule has 1 N–H and O–H groups in total. The van der Waals surface area contributed by atoms with Crippen LogP contribution in [0.4, 0.5) is 0 Å². The molecule has 9 heteroatoms.